The van der Waals surface area contributed by atoms with E-state index in [0.717, 1.165) is 13.8 Å². The van der Waals surface area contributed by atoms with Crippen LogP contribution >= 0.6 is 22.8 Å². The molecule has 0 saturated heterocycles. The Kier molecular flexibility index (Phi) is 5.98. The molecular weight excluding hydrogens is 309 g/mol. The normalized spacial score (nSPS) is 17.8. The molecule has 0 aliphatic heterocycles. The highest BCUT2D eigenvalue weighted by Crippen LogP contribution is 2.64. The Balaban J connectivity index is 5.15. The van der Waals surface area contributed by atoms with Crippen molar-refractivity contribution in [3.63, 3.8) is 0 Å². The molecule has 18 heavy (non-hydrogen) atoms. The molecule has 110 valence electrons. The van der Waals surface area contributed by atoms with Gasteiger partial charge in [0.1, 0.15) is 0 Å². The lowest BCUT2D eigenvalue weighted by atomic mass is 10.1. The Morgan fingerprint density at radius 2 is 1.11 bits per heavy atom. The second-order valence-corrected chi connectivity index (χ2v) is 10.2. The third-order valence-corrected chi connectivity index (χ3v) is 8.05. The second kappa shape index (κ2) is 5.83. The zero-order chi connectivity index (χ0) is 14.9. The largest absolute Gasteiger partial charge is 0.340 e. The van der Waals surface area contributed by atoms with Crippen LogP contribution in [0.5, 0.6) is 0 Å². The second-order valence-electron chi connectivity index (χ2n) is 4.24. The van der Waals surface area contributed by atoms with Crippen LogP contribution in [-0.2, 0) is 13.7 Å². The Labute approximate surface area is 104 Å². The van der Waals surface area contributed by atoms with Gasteiger partial charge in [-0.15, -0.1) is 0 Å². The first-order valence-electron chi connectivity index (χ1n) is 4.83. The van der Waals surface area contributed by atoms with Crippen LogP contribution in [0.3, 0.4) is 0 Å². The van der Waals surface area contributed by atoms with E-state index in [4.69, 9.17) is 29.4 Å². The zero-order valence-corrected chi connectivity index (χ0v) is 12.4. The van der Waals surface area contributed by atoms with Crippen molar-refractivity contribution in [2.75, 3.05) is 0 Å². The lowest BCUT2D eigenvalue weighted by molar-refractivity contribution is 0.308. The summed E-state index contributed by atoms with van der Waals surface area (Å²) in [6.45, 7) is 2.28. The summed E-state index contributed by atoms with van der Waals surface area (Å²) in [7, 11) is -14.6. The van der Waals surface area contributed by atoms with Crippen LogP contribution in [0.25, 0.3) is 0 Å². The van der Waals surface area contributed by atoms with Crippen molar-refractivity contribution < 1.29 is 43.1 Å². The summed E-state index contributed by atoms with van der Waals surface area (Å²) in [5, 5.41) is -2.25. The highest BCUT2D eigenvalue weighted by atomic mass is 31.2. The van der Waals surface area contributed by atoms with Crippen LogP contribution in [0.15, 0.2) is 0 Å². The number of rotatable bonds is 6. The van der Waals surface area contributed by atoms with E-state index in [-0.39, 0.29) is 0 Å². The van der Waals surface area contributed by atoms with Gasteiger partial charge in [-0.1, -0.05) is 13.8 Å². The fraction of sp³-hybridized carbons (Fsp3) is 1.00. The molecule has 0 amide bonds. The third kappa shape index (κ3) is 5.61. The van der Waals surface area contributed by atoms with Gasteiger partial charge in [0.15, 0.2) is 5.40 Å². The van der Waals surface area contributed by atoms with Gasteiger partial charge in [0.25, 0.3) is 0 Å². The van der Waals surface area contributed by atoms with Gasteiger partial charge in [-0.05, 0) is 12.3 Å². The van der Waals surface area contributed by atoms with Crippen molar-refractivity contribution in [2.45, 2.75) is 31.3 Å². The average molecular weight is 326 g/mol. The highest BCUT2D eigenvalue weighted by Gasteiger charge is 2.48. The molecular formula is C6H17O9P3. The lowest BCUT2D eigenvalue weighted by Gasteiger charge is -2.27. The molecule has 0 rings (SSSR count). The number of hydrogen-bond acceptors (Lipinski definition) is 3. The van der Waals surface area contributed by atoms with E-state index in [0.29, 0.717) is 0 Å². The Morgan fingerprint density at radius 1 is 0.778 bits per heavy atom. The molecule has 0 radical (unpaired) electrons. The Bertz CT molecular complexity index is 394. The predicted octanol–water partition coefficient (Wildman–Crippen LogP) is 0.260. The SMILES string of the molecule is CC(CC(C)P(=O)(O)O)C(P(=O)(O)O)P(=O)(O)O. The van der Waals surface area contributed by atoms with E-state index in [2.05, 4.69) is 0 Å². The van der Waals surface area contributed by atoms with Gasteiger partial charge in [0.2, 0.25) is 0 Å². The molecule has 2 atom stereocenters. The van der Waals surface area contributed by atoms with E-state index < -0.39 is 46.2 Å². The molecule has 0 aliphatic rings. The minimum absolute atomic E-state index is 0.412. The molecule has 0 heterocycles. The molecule has 0 bridgehead atoms. The summed E-state index contributed by atoms with van der Waals surface area (Å²) >= 11 is 0. The Morgan fingerprint density at radius 3 is 1.33 bits per heavy atom. The van der Waals surface area contributed by atoms with Crippen LogP contribution in [0.1, 0.15) is 20.3 Å². The summed E-state index contributed by atoms with van der Waals surface area (Å²) < 4.78 is 33.0. The van der Waals surface area contributed by atoms with Crippen molar-refractivity contribution in [3.05, 3.63) is 0 Å². The third-order valence-electron chi connectivity index (χ3n) is 2.49. The maximum absolute atomic E-state index is 11.1. The van der Waals surface area contributed by atoms with Crippen molar-refractivity contribution >= 4 is 22.8 Å². The summed E-state index contributed by atoms with van der Waals surface area (Å²) in [6.07, 6.45) is -0.412. The molecule has 6 N–H and O–H groups in total. The van der Waals surface area contributed by atoms with E-state index in [1.807, 2.05) is 0 Å². The van der Waals surface area contributed by atoms with E-state index >= 15 is 0 Å². The molecule has 12 heteroatoms. The first-order valence-corrected chi connectivity index (χ1v) is 9.87. The molecule has 0 spiro atoms. The molecule has 0 saturated carbocycles. The van der Waals surface area contributed by atoms with E-state index in [1.165, 1.54) is 0 Å². The summed E-state index contributed by atoms with van der Waals surface area (Å²) in [6, 6.07) is 0. The first-order chi connectivity index (χ1) is 7.67. The molecule has 0 aliphatic carbocycles. The average Bonchev–Trinajstić information content (AvgIpc) is 1.94. The van der Waals surface area contributed by atoms with E-state index in [1.54, 1.807) is 0 Å². The van der Waals surface area contributed by atoms with E-state index in [9.17, 15) is 13.7 Å². The quantitative estimate of drug-likeness (QED) is 0.374. The van der Waals surface area contributed by atoms with Gasteiger partial charge in [0.05, 0.1) is 5.66 Å². The van der Waals surface area contributed by atoms with Gasteiger partial charge in [-0.3, -0.25) is 13.7 Å². The fourth-order valence-corrected chi connectivity index (χ4v) is 5.40. The van der Waals surface area contributed by atoms with Crippen LogP contribution < -0.4 is 0 Å². The fourth-order valence-electron chi connectivity index (χ4n) is 1.66. The monoisotopic (exact) mass is 326 g/mol. The maximum Gasteiger partial charge on any atom is 0.340 e. The summed E-state index contributed by atoms with van der Waals surface area (Å²) in [4.78, 5) is 53.4. The zero-order valence-electron chi connectivity index (χ0n) is 9.69. The molecule has 0 aromatic heterocycles. The molecule has 0 aromatic carbocycles. The molecule has 0 aromatic rings. The van der Waals surface area contributed by atoms with Crippen LogP contribution in [0.4, 0.5) is 0 Å². The van der Waals surface area contributed by atoms with Crippen molar-refractivity contribution in [3.8, 4) is 0 Å². The maximum atomic E-state index is 11.1. The predicted molar refractivity (Wildman–Crippen MR) is 63.2 cm³/mol. The molecule has 9 nitrogen and oxygen atoms in total. The van der Waals surface area contributed by atoms with Crippen LogP contribution in [0.2, 0.25) is 0 Å². The van der Waals surface area contributed by atoms with Gasteiger partial charge in [-0.2, -0.15) is 0 Å². The molecule has 0 fully saturated rings. The molecule has 2 unspecified atom stereocenters. The summed E-state index contributed by atoms with van der Waals surface area (Å²) in [5.41, 5.74) is -1.24. The topological polar surface area (TPSA) is 173 Å². The van der Waals surface area contributed by atoms with Gasteiger partial charge >= 0.3 is 22.8 Å². The minimum Gasteiger partial charge on any atom is -0.324 e. The van der Waals surface area contributed by atoms with Gasteiger partial charge in [0, 0.05) is 0 Å². The van der Waals surface area contributed by atoms with Crippen molar-refractivity contribution in [1.29, 1.82) is 0 Å². The van der Waals surface area contributed by atoms with Crippen molar-refractivity contribution in [2.24, 2.45) is 5.92 Å². The minimum atomic E-state index is -5.08. The standard InChI is InChI=1S/C6H17O9P3/c1-4(3-5(2)16(7,8)9)6(17(10,11)12)18(13,14)15/h4-6H,3H2,1-2H3,(H2,7,8,9)(H2,10,11,12)(H2,13,14,15). The van der Waals surface area contributed by atoms with Crippen LogP contribution in [0, 0.1) is 5.92 Å². The summed E-state index contributed by atoms with van der Waals surface area (Å²) in [5.74, 6) is -1.24. The van der Waals surface area contributed by atoms with Gasteiger partial charge in [-0.25, -0.2) is 0 Å². The van der Waals surface area contributed by atoms with Gasteiger partial charge < -0.3 is 29.4 Å². The Hall–Kier alpha value is 0.450. The van der Waals surface area contributed by atoms with Crippen LogP contribution in [-0.4, -0.2) is 40.4 Å². The smallest absolute Gasteiger partial charge is 0.324 e. The van der Waals surface area contributed by atoms with Crippen molar-refractivity contribution in [1.82, 2.24) is 0 Å². The number of hydrogen-bond donors (Lipinski definition) is 6. The highest BCUT2D eigenvalue weighted by molar-refractivity contribution is 7.70. The first kappa shape index (κ1) is 18.4. The lowest BCUT2D eigenvalue weighted by Crippen LogP contribution is -2.22.